The van der Waals surface area contributed by atoms with Crippen LogP contribution in [0.1, 0.15) is 146 Å². The van der Waals surface area contributed by atoms with Gasteiger partial charge in [-0.25, -0.2) is 0 Å². The van der Waals surface area contributed by atoms with Crippen LogP contribution in [0.2, 0.25) is 0 Å². The van der Waals surface area contributed by atoms with E-state index in [1.807, 2.05) is 0 Å². The Labute approximate surface area is 214 Å². The van der Waals surface area contributed by atoms with Gasteiger partial charge in [0.05, 0.1) is 0 Å². The lowest BCUT2D eigenvalue weighted by Gasteiger charge is -2.15. The van der Waals surface area contributed by atoms with Gasteiger partial charge in [-0.2, -0.15) is 0 Å². The Kier molecular flexibility index (Phi) is 19.1. The molecule has 0 aromatic heterocycles. The molecule has 0 saturated heterocycles. The fraction of sp³-hybridized carbons (Fsp3) is 0.742. The second kappa shape index (κ2) is 21.4. The predicted octanol–water partition coefficient (Wildman–Crippen LogP) is 8.92. The molecule has 0 spiro atoms. The Bertz CT molecular complexity index is 683. The van der Waals surface area contributed by atoms with E-state index in [0.717, 1.165) is 38.5 Å². The fourth-order valence-electron chi connectivity index (χ4n) is 4.98. The summed E-state index contributed by atoms with van der Waals surface area (Å²) >= 11 is 0. The van der Waals surface area contributed by atoms with Crippen molar-refractivity contribution in [3.63, 3.8) is 0 Å². The van der Waals surface area contributed by atoms with E-state index < -0.39 is 11.9 Å². The molecule has 0 unspecified atom stereocenters. The molecule has 0 aliphatic rings. The highest BCUT2D eigenvalue weighted by molar-refractivity contribution is 5.66. The van der Waals surface area contributed by atoms with E-state index >= 15 is 0 Å². The lowest BCUT2D eigenvalue weighted by molar-refractivity contribution is -0.138. The summed E-state index contributed by atoms with van der Waals surface area (Å²) in [6.07, 6.45) is 24.1. The Morgan fingerprint density at radius 3 is 1.34 bits per heavy atom. The topological polar surface area (TPSA) is 74.6 Å². The molecule has 2 N–H and O–H groups in total. The van der Waals surface area contributed by atoms with E-state index in [1.165, 1.54) is 89.9 Å². The number of carboxylic acids is 2. The Morgan fingerprint density at radius 2 is 0.914 bits per heavy atom. The van der Waals surface area contributed by atoms with Crippen LogP contribution in [-0.4, -0.2) is 22.2 Å². The maximum atomic E-state index is 10.6. The maximum absolute atomic E-state index is 10.6. The number of aliphatic carboxylic acids is 2. The minimum Gasteiger partial charge on any atom is -0.481 e. The number of rotatable bonds is 24. The maximum Gasteiger partial charge on any atom is 0.303 e. The first kappa shape index (κ1) is 31.2. The van der Waals surface area contributed by atoms with Crippen molar-refractivity contribution in [1.29, 1.82) is 0 Å². The molecule has 0 bridgehead atoms. The second-order valence-electron chi connectivity index (χ2n) is 10.2. The number of hydrogen-bond donors (Lipinski definition) is 2. The van der Waals surface area contributed by atoms with Crippen molar-refractivity contribution in [3.8, 4) is 0 Å². The highest BCUT2D eigenvalue weighted by Crippen LogP contribution is 2.23. The van der Waals surface area contributed by atoms with Crippen LogP contribution in [-0.2, 0) is 28.9 Å². The average Bonchev–Trinajstić information content (AvgIpc) is 2.82. The Hall–Kier alpha value is -1.84. The molecule has 0 saturated carbocycles. The van der Waals surface area contributed by atoms with E-state index in [2.05, 4.69) is 25.1 Å². The molecular formula is C31H52O4. The third-order valence-electron chi connectivity index (χ3n) is 7.07. The van der Waals surface area contributed by atoms with Crippen molar-refractivity contribution >= 4 is 11.9 Å². The first-order valence-corrected chi connectivity index (χ1v) is 14.6. The minimum atomic E-state index is -0.675. The van der Waals surface area contributed by atoms with Crippen LogP contribution in [0, 0.1) is 0 Å². The molecule has 0 aliphatic heterocycles. The van der Waals surface area contributed by atoms with Gasteiger partial charge in [0.15, 0.2) is 0 Å². The molecule has 0 radical (unpaired) electrons. The fourth-order valence-corrected chi connectivity index (χ4v) is 4.98. The molecule has 0 aliphatic carbocycles. The highest BCUT2D eigenvalue weighted by atomic mass is 16.4. The second-order valence-corrected chi connectivity index (χ2v) is 10.2. The minimum absolute atomic E-state index is 0.310. The number of unbranched alkanes of at least 4 members (excludes halogenated alkanes) is 14. The van der Waals surface area contributed by atoms with Crippen molar-refractivity contribution < 1.29 is 19.8 Å². The molecule has 0 amide bonds. The Balaban J connectivity index is 2.39. The highest BCUT2D eigenvalue weighted by Gasteiger charge is 2.09. The van der Waals surface area contributed by atoms with Gasteiger partial charge in [-0.3, -0.25) is 9.59 Å². The van der Waals surface area contributed by atoms with E-state index in [1.54, 1.807) is 16.7 Å². The van der Waals surface area contributed by atoms with Crippen molar-refractivity contribution in [3.05, 3.63) is 34.9 Å². The lowest BCUT2D eigenvalue weighted by Crippen LogP contribution is -2.02. The summed E-state index contributed by atoms with van der Waals surface area (Å²) in [5.41, 5.74) is 4.76. The van der Waals surface area contributed by atoms with Crippen LogP contribution in [0.4, 0.5) is 0 Å². The number of hydrogen-bond acceptors (Lipinski definition) is 2. The van der Waals surface area contributed by atoms with Gasteiger partial charge in [-0.1, -0.05) is 102 Å². The van der Waals surface area contributed by atoms with Gasteiger partial charge >= 0.3 is 11.9 Å². The number of carboxylic acid groups (broad SMARTS) is 2. The van der Waals surface area contributed by atoms with Gasteiger partial charge in [-0.05, 0) is 68.1 Å². The molecule has 4 heteroatoms. The van der Waals surface area contributed by atoms with Crippen LogP contribution in [0.15, 0.2) is 18.2 Å². The normalized spacial score (nSPS) is 11.1. The largest absolute Gasteiger partial charge is 0.481 e. The van der Waals surface area contributed by atoms with Crippen LogP contribution >= 0.6 is 0 Å². The Morgan fingerprint density at radius 1 is 0.543 bits per heavy atom. The monoisotopic (exact) mass is 488 g/mol. The van der Waals surface area contributed by atoms with Crippen LogP contribution in [0.3, 0.4) is 0 Å². The SMILES string of the molecule is CCCCCc1cccc(CCCCCCCCCC(=O)O)c1CCCCCCCCCC(=O)O. The van der Waals surface area contributed by atoms with Crippen molar-refractivity contribution in [1.82, 2.24) is 0 Å². The van der Waals surface area contributed by atoms with Gasteiger partial charge in [0, 0.05) is 12.8 Å². The first-order valence-electron chi connectivity index (χ1n) is 14.6. The van der Waals surface area contributed by atoms with E-state index in [-0.39, 0.29) is 0 Å². The van der Waals surface area contributed by atoms with Gasteiger partial charge in [-0.15, -0.1) is 0 Å². The number of benzene rings is 1. The van der Waals surface area contributed by atoms with Gasteiger partial charge < -0.3 is 10.2 Å². The average molecular weight is 489 g/mol. The zero-order valence-corrected chi connectivity index (χ0v) is 22.5. The van der Waals surface area contributed by atoms with E-state index in [0.29, 0.717) is 12.8 Å². The molecule has 0 heterocycles. The van der Waals surface area contributed by atoms with Crippen molar-refractivity contribution in [2.45, 2.75) is 148 Å². The number of carbonyl (C=O) groups is 2. The summed E-state index contributed by atoms with van der Waals surface area (Å²) < 4.78 is 0. The molecule has 1 rings (SSSR count). The summed E-state index contributed by atoms with van der Waals surface area (Å²) in [7, 11) is 0. The summed E-state index contributed by atoms with van der Waals surface area (Å²) in [6, 6.07) is 6.97. The number of aryl methyl sites for hydroxylation is 2. The summed E-state index contributed by atoms with van der Waals surface area (Å²) in [5, 5.41) is 17.4. The van der Waals surface area contributed by atoms with Gasteiger partial charge in [0.25, 0.3) is 0 Å². The summed E-state index contributed by atoms with van der Waals surface area (Å²) in [4.78, 5) is 21.2. The third kappa shape index (κ3) is 17.3. The van der Waals surface area contributed by atoms with Crippen molar-refractivity contribution in [2.24, 2.45) is 0 Å². The quantitative estimate of drug-likeness (QED) is 0.142. The summed E-state index contributed by atoms with van der Waals surface area (Å²) in [5.74, 6) is -1.35. The predicted molar refractivity (Wildman–Crippen MR) is 146 cm³/mol. The van der Waals surface area contributed by atoms with Gasteiger partial charge in [0.1, 0.15) is 0 Å². The molecular weight excluding hydrogens is 436 g/mol. The molecule has 0 atom stereocenters. The first-order chi connectivity index (χ1) is 17.0. The molecule has 1 aromatic carbocycles. The standard InChI is InChI=1S/C31H52O4/c1-2-3-14-20-27-22-19-23-28(21-15-10-6-4-8-12-17-25-30(32)33)29(27)24-16-11-7-5-9-13-18-26-31(34)35/h19,22-23H,2-18,20-21,24-26H2,1H3,(H,32,33)(H,34,35). The molecule has 35 heavy (non-hydrogen) atoms. The zero-order valence-electron chi connectivity index (χ0n) is 22.5. The smallest absolute Gasteiger partial charge is 0.303 e. The van der Waals surface area contributed by atoms with Gasteiger partial charge in [0.2, 0.25) is 0 Å². The van der Waals surface area contributed by atoms with Crippen LogP contribution < -0.4 is 0 Å². The van der Waals surface area contributed by atoms with Crippen LogP contribution in [0.25, 0.3) is 0 Å². The van der Waals surface area contributed by atoms with Crippen LogP contribution in [0.5, 0.6) is 0 Å². The van der Waals surface area contributed by atoms with E-state index in [9.17, 15) is 9.59 Å². The summed E-state index contributed by atoms with van der Waals surface area (Å²) in [6.45, 7) is 2.27. The van der Waals surface area contributed by atoms with E-state index in [4.69, 9.17) is 10.2 Å². The third-order valence-corrected chi connectivity index (χ3v) is 7.07. The van der Waals surface area contributed by atoms with Crippen molar-refractivity contribution in [2.75, 3.05) is 0 Å². The molecule has 0 fully saturated rings. The zero-order chi connectivity index (χ0) is 25.6. The molecule has 1 aromatic rings. The lowest BCUT2D eigenvalue weighted by atomic mass is 9.90. The molecule has 200 valence electrons. The molecule has 4 nitrogen and oxygen atoms in total.